The predicted octanol–water partition coefficient (Wildman–Crippen LogP) is 2.29. The summed E-state index contributed by atoms with van der Waals surface area (Å²) in [6, 6.07) is 0. The molecule has 3 unspecified atom stereocenters. The van der Waals surface area contributed by atoms with E-state index in [4.69, 9.17) is 4.74 Å². The SMILES string of the molecule is CC(C)OCC1(CN2CC3C(C2)C3(F)P)CC1. The standard InChI is InChI=1S/C13H23FNOP/c1-9(2)16-8-12(3-4-12)7-15-5-10-11(6-15)13(10,14)17/h9-11H,3-8,17H2,1-2H3. The normalized spacial score (nSPS) is 42.9. The van der Waals surface area contributed by atoms with Crippen LogP contribution in [0, 0.1) is 17.3 Å². The Morgan fingerprint density at radius 3 is 2.41 bits per heavy atom. The molecule has 3 atom stereocenters. The average Bonchev–Trinajstić information content (AvgIpc) is 3.00. The number of rotatable bonds is 5. The van der Waals surface area contributed by atoms with Crippen LogP contribution in [0.4, 0.5) is 4.39 Å². The highest BCUT2D eigenvalue weighted by atomic mass is 31.0. The molecule has 0 bridgehead atoms. The van der Waals surface area contributed by atoms with Gasteiger partial charge in [0.2, 0.25) is 0 Å². The van der Waals surface area contributed by atoms with Gasteiger partial charge in [0.1, 0.15) is 5.41 Å². The lowest BCUT2D eigenvalue weighted by atomic mass is 10.1. The summed E-state index contributed by atoms with van der Waals surface area (Å²) in [7, 11) is 2.40. The highest BCUT2D eigenvalue weighted by Crippen LogP contribution is 2.63. The lowest BCUT2D eigenvalue weighted by Gasteiger charge is -2.26. The Kier molecular flexibility index (Phi) is 2.82. The first kappa shape index (κ1) is 12.3. The third-order valence-electron chi connectivity index (χ3n) is 4.66. The summed E-state index contributed by atoms with van der Waals surface area (Å²) in [5.74, 6) is 0.573. The van der Waals surface area contributed by atoms with Gasteiger partial charge in [0.15, 0.2) is 0 Å². The van der Waals surface area contributed by atoms with Crippen molar-refractivity contribution in [3.63, 3.8) is 0 Å². The lowest BCUT2D eigenvalue weighted by molar-refractivity contribution is 0.0313. The van der Waals surface area contributed by atoms with Crippen molar-refractivity contribution in [2.24, 2.45) is 17.3 Å². The van der Waals surface area contributed by atoms with Crippen LogP contribution in [0.25, 0.3) is 0 Å². The van der Waals surface area contributed by atoms with E-state index in [-0.39, 0.29) is 11.8 Å². The smallest absolute Gasteiger partial charge is 0.132 e. The van der Waals surface area contributed by atoms with Gasteiger partial charge in [-0.1, -0.05) is 9.24 Å². The second-order valence-corrected chi connectivity index (χ2v) is 7.48. The minimum absolute atomic E-state index is 0.286. The van der Waals surface area contributed by atoms with Gasteiger partial charge in [-0.3, -0.25) is 0 Å². The minimum Gasteiger partial charge on any atom is -0.378 e. The summed E-state index contributed by atoms with van der Waals surface area (Å²) >= 11 is 0. The maximum atomic E-state index is 13.7. The molecule has 17 heavy (non-hydrogen) atoms. The topological polar surface area (TPSA) is 12.5 Å². The fraction of sp³-hybridized carbons (Fsp3) is 1.00. The van der Waals surface area contributed by atoms with Crippen molar-refractivity contribution in [1.29, 1.82) is 0 Å². The summed E-state index contributed by atoms with van der Waals surface area (Å²) < 4.78 is 19.4. The van der Waals surface area contributed by atoms with Gasteiger partial charge < -0.3 is 9.64 Å². The zero-order valence-corrected chi connectivity index (χ0v) is 11.9. The van der Waals surface area contributed by atoms with E-state index in [0.717, 1.165) is 26.2 Å². The van der Waals surface area contributed by atoms with Crippen molar-refractivity contribution in [3.8, 4) is 0 Å². The van der Waals surface area contributed by atoms with Crippen LogP contribution in [0.2, 0.25) is 0 Å². The Morgan fingerprint density at radius 1 is 1.35 bits per heavy atom. The molecule has 0 spiro atoms. The number of hydrogen-bond acceptors (Lipinski definition) is 2. The van der Waals surface area contributed by atoms with Crippen molar-refractivity contribution in [3.05, 3.63) is 0 Å². The Bertz CT molecular complexity index is 303. The highest BCUT2D eigenvalue weighted by molar-refractivity contribution is 7.19. The molecule has 0 aromatic rings. The first-order chi connectivity index (χ1) is 7.93. The van der Waals surface area contributed by atoms with E-state index in [0.29, 0.717) is 11.5 Å². The molecule has 2 aliphatic carbocycles. The van der Waals surface area contributed by atoms with E-state index in [1.807, 2.05) is 0 Å². The van der Waals surface area contributed by atoms with Crippen molar-refractivity contribution in [2.45, 2.75) is 38.2 Å². The van der Waals surface area contributed by atoms with Crippen LogP contribution in [0.3, 0.4) is 0 Å². The third-order valence-corrected chi connectivity index (χ3v) is 5.52. The van der Waals surface area contributed by atoms with Crippen LogP contribution in [0.15, 0.2) is 0 Å². The van der Waals surface area contributed by atoms with Crippen LogP contribution in [0.5, 0.6) is 0 Å². The van der Waals surface area contributed by atoms with Gasteiger partial charge >= 0.3 is 0 Å². The third kappa shape index (κ3) is 2.27. The molecule has 0 aromatic carbocycles. The zero-order chi connectivity index (χ0) is 12.3. The summed E-state index contributed by atoms with van der Waals surface area (Å²) in [6.45, 7) is 8.09. The first-order valence-electron chi connectivity index (χ1n) is 6.75. The fourth-order valence-corrected chi connectivity index (χ4v) is 3.74. The van der Waals surface area contributed by atoms with E-state index in [9.17, 15) is 4.39 Å². The van der Waals surface area contributed by atoms with Gasteiger partial charge in [0, 0.05) is 36.9 Å². The number of likely N-dealkylation sites (tertiary alicyclic amines) is 1. The molecule has 2 nitrogen and oxygen atoms in total. The van der Waals surface area contributed by atoms with Crippen molar-refractivity contribution < 1.29 is 9.13 Å². The molecule has 1 aliphatic heterocycles. The van der Waals surface area contributed by atoms with E-state index < -0.39 is 5.41 Å². The van der Waals surface area contributed by atoms with Crippen molar-refractivity contribution in [2.75, 3.05) is 26.2 Å². The quantitative estimate of drug-likeness (QED) is 0.702. The number of piperidine rings is 1. The second-order valence-electron chi connectivity index (χ2n) is 6.59. The van der Waals surface area contributed by atoms with E-state index in [1.165, 1.54) is 12.8 Å². The minimum atomic E-state index is -0.929. The first-order valence-corrected chi connectivity index (χ1v) is 7.32. The maximum absolute atomic E-state index is 13.7. The number of halogens is 1. The maximum Gasteiger partial charge on any atom is 0.132 e. The molecule has 98 valence electrons. The van der Waals surface area contributed by atoms with E-state index in [1.54, 1.807) is 0 Å². The van der Waals surface area contributed by atoms with Gasteiger partial charge in [-0.05, 0) is 26.7 Å². The monoisotopic (exact) mass is 259 g/mol. The van der Waals surface area contributed by atoms with Crippen LogP contribution in [-0.2, 0) is 4.74 Å². The number of fused-ring (bicyclic) bond motifs is 1. The molecule has 3 fully saturated rings. The Labute approximate surface area is 105 Å². The zero-order valence-electron chi connectivity index (χ0n) is 10.8. The van der Waals surface area contributed by atoms with Gasteiger partial charge in [0.05, 0.1) is 12.7 Å². The summed E-state index contributed by atoms with van der Waals surface area (Å²) in [4.78, 5) is 2.45. The van der Waals surface area contributed by atoms with E-state index in [2.05, 4.69) is 28.0 Å². The molecule has 1 heterocycles. The molecule has 0 radical (unpaired) electrons. The molecule has 3 aliphatic rings. The predicted molar refractivity (Wildman–Crippen MR) is 69.7 cm³/mol. The molecule has 0 N–H and O–H groups in total. The van der Waals surface area contributed by atoms with Crippen LogP contribution >= 0.6 is 9.24 Å². The molecular formula is C13H23FNOP. The molecule has 0 amide bonds. The van der Waals surface area contributed by atoms with E-state index >= 15 is 0 Å². The van der Waals surface area contributed by atoms with Crippen LogP contribution < -0.4 is 0 Å². The highest BCUT2D eigenvalue weighted by Gasteiger charge is 2.67. The number of ether oxygens (including phenoxy) is 1. The van der Waals surface area contributed by atoms with Gasteiger partial charge in [0.25, 0.3) is 0 Å². The Hall–Kier alpha value is 0.280. The van der Waals surface area contributed by atoms with Crippen molar-refractivity contribution in [1.82, 2.24) is 4.90 Å². The molecule has 3 rings (SSSR count). The molecular weight excluding hydrogens is 236 g/mol. The largest absolute Gasteiger partial charge is 0.378 e. The molecule has 4 heteroatoms. The van der Waals surface area contributed by atoms with Gasteiger partial charge in [-0.15, -0.1) is 0 Å². The van der Waals surface area contributed by atoms with Gasteiger partial charge in [-0.2, -0.15) is 0 Å². The summed E-state index contributed by atoms with van der Waals surface area (Å²) in [6.07, 6.45) is 2.89. The molecule has 0 aromatic heterocycles. The number of alkyl halides is 1. The number of hydrogen-bond donors (Lipinski definition) is 0. The second kappa shape index (κ2) is 3.88. The van der Waals surface area contributed by atoms with Crippen LogP contribution in [0.1, 0.15) is 26.7 Å². The Morgan fingerprint density at radius 2 is 1.94 bits per heavy atom. The molecule has 2 saturated carbocycles. The lowest BCUT2D eigenvalue weighted by Crippen LogP contribution is -2.35. The summed E-state index contributed by atoms with van der Waals surface area (Å²) in [5.41, 5.74) is 0.404. The molecule has 1 saturated heterocycles. The Balaban J connectivity index is 1.46. The van der Waals surface area contributed by atoms with Gasteiger partial charge in [-0.25, -0.2) is 4.39 Å². The number of nitrogens with zero attached hydrogens (tertiary/aromatic N) is 1. The van der Waals surface area contributed by atoms with Crippen molar-refractivity contribution >= 4 is 9.24 Å². The summed E-state index contributed by atoms with van der Waals surface area (Å²) in [5, 5.41) is -0.929. The average molecular weight is 259 g/mol. The van der Waals surface area contributed by atoms with Crippen LogP contribution in [-0.4, -0.2) is 42.7 Å². The fourth-order valence-electron chi connectivity index (χ4n) is 3.16.